The molecule has 0 radical (unpaired) electrons. The van der Waals surface area contributed by atoms with Gasteiger partial charge in [-0.2, -0.15) is 0 Å². The Hall–Kier alpha value is -2.64. The van der Waals surface area contributed by atoms with Crippen molar-refractivity contribution in [2.24, 2.45) is 0 Å². The highest BCUT2D eigenvalue weighted by molar-refractivity contribution is 6.30. The maximum Gasteiger partial charge on any atom is 0.163 e. The Bertz CT molecular complexity index is 836. The monoisotopic (exact) mass is 346 g/mol. The van der Waals surface area contributed by atoms with Crippen LogP contribution in [0.4, 0.5) is 0 Å². The average Bonchev–Trinajstić information content (AvgIpc) is 2.67. The summed E-state index contributed by atoms with van der Waals surface area (Å²) in [5, 5.41) is 0.690. The first kappa shape index (κ1) is 17.2. The van der Waals surface area contributed by atoms with Gasteiger partial charge in [-0.05, 0) is 41.3 Å². The Morgan fingerprint density at radius 2 is 1.44 bits per heavy atom. The molecule has 0 N–H and O–H groups in total. The van der Waals surface area contributed by atoms with E-state index < -0.39 is 0 Å². The fourth-order valence-electron chi connectivity index (χ4n) is 2.79. The molecule has 1 unspecified atom stereocenters. The second kappa shape index (κ2) is 8.46. The quantitative estimate of drug-likeness (QED) is 0.504. The summed E-state index contributed by atoms with van der Waals surface area (Å²) in [6.07, 6.45) is 4.21. The number of hydrogen-bond donors (Lipinski definition) is 0. The van der Waals surface area contributed by atoms with Crippen LogP contribution >= 0.6 is 11.6 Å². The first-order chi connectivity index (χ1) is 12.2. The molecule has 1 nitrogen and oxygen atoms in total. The summed E-state index contributed by atoms with van der Waals surface area (Å²) in [6.45, 7) is 0. The van der Waals surface area contributed by atoms with E-state index in [0.29, 0.717) is 11.4 Å². The molecular formula is C23H19ClO. The number of halogens is 1. The van der Waals surface area contributed by atoms with Crippen molar-refractivity contribution in [2.75, 3.05) is 0 Å². The average molecular weight is 347 g/mol. The molecule has 0 aromatic heterocycles. The van der Waals surface area contributed by atoms with Gasteiger partial charge in [0.05, 0.1) is 5.92 Å². The molecule has 2 heteroatoms. The van der Waals surface area contributed by atoms with Crippen LogP contribution in [-0.4, -0.2) is 5.78 Å². The Balaban J connectivity index is 1.83. The summed E-state index contributed by atoms with van der Waals surface area (Å²) in [5.74, 6) is -0.0860. The summed E-state index contributed by atoms with van der Waals surface area (Å²) in [6, 6.07) is 27.5. The largest absolute Gasteiger partial charge is 0.294 e. The SMILES string of the molecule is O=C(C=Cc1ccc(Cl)cc1)C(Cc1ccccc1)c1ccccc1. The van der Waals surface area contributed by atoms with Gasteiger partial charge >= 0.3 is 0 Å². The lowest BCUT2D eigenvalue weighted by Gasteiger charge is -2.14. The smallest absolute Gasteiger partial charge is 0.163 e. The second-order valence-electron chi connectivity index (χ2n) is 5.94. The van der Waals surface area contributed by atoms with Gasteiger partial charge in [0.1, 0.15) is 0 Å². The van der Waals surface area contributed by atoms with Crippen LogP contribution in [-0.2, 0) is 11.2 Å². The highest BCUT2D eigenvalue weighted by Gasteiger charge is 2.18. The van der Waals surface area contributed by atoms with Crippen molar-refractivity contribution in [3.05, 3.63) is 113 Å². The maximum atomic E-state index is 12.9. The maximum absolute atomic E-state index is 12.9. The van der Waals surface area contributed by atoms with Crippen molar-refractivity contribution in [3.63, 3.8) is 0 Å². The molecule has 0 aliphatic heterocycles. The fraction of sp³-hybridized carbons (Fsp3) is 0.0870. The molecule has 0 bridgehead atoms. The zero-order valence-electron chi connectivity index (χ0n) is 13.8. The minimum absolute atomic E-state index is 0.102. The fourth-order valence-corrected chi connectivity index (χ4v) is 2.91. The summed E-state index contributed by atoms with van der Waals surface area (Å²) in [7, 11) is 0. The summed E-state index contributed by atoms with van der Waals surface area (Å²) in [4.78, 5) is 12.9. The Kier molecular flexibility index (Phi) is 5.81. The number of allylic oxidation sites excluding steroid dienone is 1. The van der Waals surface area contributed by atoms with E-state index in [1.165, 1.54) is 0 Å². The van der Waals surface area contributed by atoms with Gasteiger partial charge in [0.15, 0.2) is 5.78 Å². The second-order valence-corrected chi connectivity index (χ2v) is 6.38. The lowest BCUT2D eigenvalue weighted by Crippen LogP contribution is -2.13. The number of rotatable bonds is 6. The molecule has 0 aliphatic rings. The van der Waals surface area contributed by atoms with Crippen LogP contribution < -0.4 is 0 Å². The van der Waals surface area contributed by atoms with Crippen molar-refractivity contribution in [2.45, 2.75) is 12.3 Å². The Labute approximate surface area is 153 Å². The number of benzene rings is 3. The normalized spacial score (nSPS) is 12.2. The molecule has 1 atom stereocenters. The highest BCUT2D eigenvalue weighted by Crippen LogP contribution is 2.23. The first-order valence-corrected chi connectivity index (χ1v) is 8.66. The predicted molar refractivity (Wildman–Crippen MR) is 105 cm³/mol. The van der Waals surface area contributed by atoms with Gasteiger partial charge in [0.2, 0.25) is 0 Å². The molecule has 0 spiro atoms. The molecule has 0 aliphatic carbocycles. The summed E-state index contributed by atoms with van der Waals surface area (Å²) in [5.41, 5.74) is 3.16. The van der Waals surface area contributed by atoms with Crippen LogP contribution in [0.1, 0.15) is 22.6 Å². The number of carbonyl (C=O) groups excluding carboxylic acids is 1. The van der Waals surface area contributed by atoms with Gasteiger partial charge in [-0.1, -0.05) is 90.5 Å². The Morgan fingerprint density at radius 3 is 2.08 bits per heavy atom. The molecule has 3 aromatic carbocycles. The number of hydrogen-bond acceptors (Lipinski definition) is 1. The van der Waals surface area contributed by atoms with E-state index in [2.05, 4.69) is 12.1 Å². The van der Waals surface area contributed by atoms with Crippen LogP contribution in [0.15, 0.2) is 91.0 Å². The van der Waals surface area contributed by atoms with Gasteiger partial charge in [-0.3, -0.25) is 4.79 Å². The van der Waals surface area contributed by atoms with Crippen LogP contribution in [0.5, 0.6) is 0 Å². The summed E-state index contributed by atoms with van der Waals surface area (Å²) >= 11 is 5.90. The van der Waals surface area contributed by atoms with Crippen molar-refractivity contribution in [1.29, 1.82) is 0 Å². The van der Waals surface area contributed by atoms with E-state index in [4.69, 9.17) is 11.6 Å². The molecule has 0 fully saturated rings. The van der Waals surface area contributed by atoms with Gasteiger partial charge in [-0.15, -0.1) is 0 Å². The van der Waals surface area contributed by atoms with Crippen molar-refractivity contribution < 1.29 is 4.79 Å². The van der Waals surface area contributed by atoms with E-state index in [9.17, 15) is 4.79 Å². The van der Waals surface area contributed by atoms with E-state index in [0.717, 1.165) is 16.7 Å². The van der Waals surface area contributed by atoms with E-state index in [1.807, 2.05) is 78.9 Å². The minimum Gasteiger partial charge on any atom is -0.294 e. The third-order valence-electron chi connectivity index (χ3n) is 4.14. The first-order valence-electron chi connectivity index (χ1n) is 8.29. The van der Waals surface area contributed by atoms with Crippen molar-refractivity contribution >= 4 is 23.5 Å². The molecule has 124 valence electrons. The topological polar surface area (TPSA) is 17.1 Å². The van der Waals surface area contributed by atoms with E-state index >= 15 is 0 Å². The molecule has 0 saturated carbocycles. The molecule has 25 heavy (non-hydrogen) atoms. The van der Waals surface area contributed by atoms with Crippen molar-refractivity contribution in [3.8, 4) is 0 Å². The zero-order chi connectivity index (χ0) is 17.5. The molecule has 3 rings (SSSR count). The number of ketones is 1. The lowest BCUT2D eigenvalue weighted by molar-refractivity contribution is -0.115. The molecule has 0 heterocycles. The Morgan fingerprint density at radius 1 is 0.840 bits per heavy atom. The molecule has 0 amide bonds. The predicted octanol–water partition coefficient (Wildman–Crippen LogP) is 5.95. The standard InChI is InChI=1S/C23H19ClO/c24-21-14-11-18(12-15-21)13-16-23(25)22(20-9-5-2-6-10-20)17-19-7-3-1-4-8-19/h1-16,22H,17H2. The van der Waals surface area contributed by atoms with Crippen LogP contribution in [0, 0.1) is 0 Å². The van der Waals surface area contributed by atoms with Crippen LogP contribution in [0.25, 0.3) is 6.08 Å². The third-order valence-corrected chi connectivity index (χ3v) is 4.39. The molecule has 3 aromatic rings. The molecule has 0 saturated heterocycles. The summed E-state index contributed by atoms with van der Waals surface area (Å²) < 4.78 is 0. The van der Waals surface area contributed by atoms with Crippen molar-refractivity contribution in [1.82, 2.24) is 0 Å². The van der Waals surface area contributed by atoms with Crippen LogP contribution in [0.2, 0.25) is 5.02 Å². The minimum atomic E-state index is -0.188. The highest BCUT2D eigenvalue weighted by atomic mass is 35.5. The van der Waals surface area contributed by atoms with E-state index in [1.54, 1.807) is 6.08 Å². The lowest BCUT2D eigenvalue weighted by atomic mass is 9.88. The van der Waals surface area contributed by atoms with Gasteiger partial charge in [-0.25, -0.2) is 0 Å². The van der Waals surface area contributed by atoms with Gasteiger partial charge in [0.25, 0.3) is 0 Å². The number of carbonyl (C=O) groups is 1. The van der Waals surface area contributed by atoms with E-state index in [-0.39, 0.29) is 11.7 Å². The van der Waals surface area contributed by atoms with Crippen LogP contribution in [0.3, 0.4) is 0 Å². The van der Waals surface area contributed by atoms with Gasteiger partial charge in [0, 0.05) is 5.02 Å². The zero-order valence-corrected chi connectivity index (χ0v) is 14.6. The van der Waals surface area contributed by atoms with Gasteiger partial charge < -0.3 is 0 Å². The molecular weight excluding hydrogens is 328 g/mol. The third kappa shape index (κ3) is 4.91.